The van der Waals surface area contributed by atoms with Crippen molar-refractivity contribution in [3.63, 3.8) is 0 Å². The molecule has 3 aromatic carbocycles. The van der Waals surface area contributed by atoms with E-state index < -0.39 is 0 Å². The van der Waals surface area contributed by atoms with Gasteiger partial charge in [0.15, 0.2) is 0 Å². The van der Waals surface area contributed by atoms with Gasteiger partial charge in [-0.25, -0.2) is 0 Å². The Hall–Kier alpha value is -4.08. The molecule has 0 amide bonds. The van der Waals surface area contributed by atoms with Crippen LogP contribution in [0.4, 0.5) is 11.4 Å². The zero-order valence-electron chi connectivity index (χ0n) is 25.7. The minimum Gasteiger partial charge on any atom is -0.345 e. The van der Waals surface area contributed by atoms with Gasteiger partial charge in [-0.3, -0.25) is 0 Å². The molecule has 0 heterocycles. The second-order valence-electron chi connectivity index (χ2n) is 13.3. The second kappa shape index (κ2) is 12.2. The third kappa shape index (κ3) is 6.99. The van der Waals surface area contributed by atoms with Crippen molar-refractivity contribution in [2.75, 3.05) is 11.9 Å². The summed E-state index contributed by atoms with van der Waals surface area (Å²) in [6, 6.07) is 30.8. The zero-order chi connectivity index (χ0) is 29.8. The zero-order valence-corrected chi connectivity index (χ0v) is 25.7. The molecule has 0 radical (unpaired) electrons. The number of fused-ring (bicyclic) bond motifs is 1. The molecule has 0 fully saturated rings. The van der Waals surface area contributed by atoms with Gasteiger partial charge in [-0.15, -0.1) is 0 Å². The molecule has 0 bridgehead atoms. The predicted octanol–water partition coefficient (Wildman–Crippen LogP) is 9.37. The van der Waals surface area contributed by atoms with Crippen molar-refractivity contribution in [2.24, 2.45) is 11.8 Å². The lowest BCUT2D eigenvalue weighted by Crippen LogP contribution is -2.17. The van der Waals surface area contributed by atoms with Crippen LogP contribution in [0.25, 0.3) is 0 Å². The molecule has 3 aromatic rings. The first-order valence-corrected chi connectivity index (χ1v) is 14.6. The highest BCUT2D eigenvalue weighted by Crippen LogP contribution is 2.37. The van der Waals surface area contributed by atoms with Crippen molar-refractivity contribution < 1.29 is 0 Å². The van der Waals surface area contributed by atoms with Crippen LogP contribution in [0.15, 0.2) is 96.1 Å². The van der Waals surface area contributed by atoms with Gasteiger partial charge in [0.1, 0.15) is 0 Å². The van der Waals surface area contributed by atoms with Crippen LogP contribution in [0, 0.1) is 34.5 Å². The number of nitrogens with zero attached hydrogens (tertiary/aromatic N) is 3. The summed E-state index contributed by atoms with van der Waals surface area (Å²) in [5.41, 5.74) is 10.7. The lowest BCUT2D eigenvalue weighted by Gasteiger charge is -2.24. The lowest BCUT2D eigenvalue weighted by molar-refractivity contribution is 0.590. The van der Waals surface area contributed by atoms with Gasteiger partial charge in [-0.05, 0) is 87.8 Å². The molecule has 0 aliphatic heterocycles. The molecule has 210 valence electrons. The van der Waals surface area contributed by atoms with Crippen LogP contribution in [-0.2, 0) is 23.7 Å². The van der Waals surface area contributed by atoms with Gasteiger partial charge in [-0.1, -0.05) is 102 Å². The Morgan fingerprint density at radius 2 is 1.20 bits per heavy atom. The second-order valence-corrected chi connectivity index (χ2v) is 13.3. The van der Waals surface area contributed by atoms with E-state index in [1.807, 2.05) is 6.08 Å². The highest BCUT2D eigenvalue weighted by atomic mass is 15.1. The molecule has 0 N–H and O–H groups in total. The number of rotatable bonds is 2. The van der Waals surface area contributed by atoms with E-state index in [4.69, 9.17) is 5.26 Å². The van der Waals surface area contributed by atoms with Crippen molar-refractivity contribution in [1.29, 1.82) is 10.5 Å². The van der Waals surface area contributed by atoms with Crippen molar-refractivity contribution in [2.45, 2.75) is 71.6 Å². The van der Waals surface area contributed by atoms with Gasteiger partial charge in [0.2, 0.25) is 0 Å². The fourth-order valence-electron chi connectivity index (χ4n) is 5.59. The number of anilines is 2. The molecule has 5 rings (SSSR count). The van der Waals surface area contributed by atoms with Crippen molar-refractivity contribution in [1.82, 2.24) is 0 Å². The molecule has 3 nitrogen and oxygen atoms in total. The Kier molecular flexibility index (Phi) is 8.89. The van der Waals surface area contributed by atoms with E-state index in [2.05, 4.69) is 145 Å². The first-order chi connectivity index (χ1) is 19.4. The van der Waals surface area contributed by atoms with E-state index in [0.29, 0.717) is 0 Å². The van der Waals surface area contributed by atoms with Gasteiger partial charge in [-0.2, -0.15) is 10.5 Å². The summed E-state index contributed by atoms with van der Waals surface area (Å²) in [7, 11) is 2.12. The van der Waals surface area contributed by atoms with Crippen LogP contribution < -0.4 is 4.90 Å². The molecule has 0 saturated heterocycles. The number of aryl methyl sites for hydroxylation is 1. The molecule has 2 atom stereocenters. The molecule has 0 spiro atoms. The van der Waals surface area contributed by atoms with Crippen molar-refractivity contribution in [3.05, 3.63) is 118 Å². The Morgan fingerprint density at radius 3 is 1.66 bits per heavy atom. The summed E-state index contributed by atoms with van der Waals surface area (Å²) in [6.45, 7) is 13.5. The van der Waals surface area contributed by atoms with E-state index >= 15 is 0 Å². The van der Waals surface area contributed by atoms with Crippen molar-refractivity contribution in [3.8, 4) is 12.1 Å². The van der Waals surface area contributed by atoms with E-state index in [9.17, 15) is 5.26 Å². The van der Waals surface area contributed by atoms with Gasteiger partial charge >= 0.3 is 0 Å². The van der Waals surface area contributed by atoms with Gasteiger partial charge in [0, 0.05) is 18.4 Å². The largest absolute Gasteiger partial charge is 0.345 e. The summed E-state index contributed by atoms with van der Waals surface area (Å²) in [5.74, 6) is -0.552. The van der Waals surface area contributed by atoms with Crippen LogP contribution in [0.3, 0.4) is 0 Å². The van der Waals surface area contributed by atoms with E-state index in [0.717, 1.165) is 19.3 Å². The number of nitriles is 2. The maximum absolute atomic E-state index is 9.37. The molecule has 41 heavy (non-hydrogen) atoms. The van der Waals surface area contributed by atoms with Gasteiger partial charge in [0.05, 0.1) is 24.0 Å². The SMILES string of the molecule is CN(c1ccc(C(C)(C)C)cc1)c1ccc(C(C)(C)C)cc1.N#CC1C=CC2=C(CCc3ccccc3C2)C1C#N. The predicted molar refractivity (Wildman–Crippen MR) is 171 cm³/mol. The minimum absolute atomic E-state index is 0.200. The van der Waals surface area contributed by atoms with Crippen molar-refractivity contribution >= 4 is 11.4 Å². The number of hydrogen-bond acceptors (Lipinski definition) is 3. The summed E-state index contributed by atoms with van der Waals surface area (Å²) in [5, 5.41) is 18.5. The molecule has 3 heteroatoms. The molecule has 2 aliphatic carbocycles. The summed E-state index contributed by atoms with van der Waals surface area (Å²) < 4.78 is 0. The molecular weight excluding hydrogens is 498 g/mol. The normalized spacial score (nSPS) is 18.1. The Balaban J connectivity index is 0.000000191. The maximum Gasteiger partial charge on any atom is 0.0872 e. The Bertz CT molecular complexity index is 1440. The number of hydrogen-bond donors (Lipinski definition) is 0. The standard InChI is InChI=1S/C21H29N.C17H14N2/c1-20(2,3)16-8-12-18(13-9-16)22(7)19-14-10-17(11-15-19)21(4,5)6;18-10-15-6-5-14-9-13-4-2-1-3-12(13)7-8-16(14)17(15)11-19/h8-15H,1-7H3;1-6,15,17H,7-9H2. The monoisotopic (exact) mass is 541 g/mol. The third-order valence-corrected chi connectivity index (χ3v) is 8.34. The van der Waals surface area contributed by atoms with Crippen LogP contribution in [-0.4, -0.2) is 7.05 Å². The fraction of sp³-hybridized carbons (Fsp3) is 0.368. The van der Waals surface area contributed by atoms with Crippen LogP contribution in [0.2, 0.25) is 0 Å². The van der Waals surface area contributed by atoms with E-state index in [-0.39, 0.29) is 22.7 Å². The third-order valence-electron chi connectivity index (χ3n) is 8.34. The maximum atomic E-state index is 9.37. The Morgan fingerprint density at radius 1 is 0.683 bits per heavy atom. The molecule has 2 unspecified atom stereocenters. The molecule has 0 aromatic heterocycles. The Labute approximate surface area is 247 Å². The first kappa shape index (κ1) is 29.9. The van der Waals surface area contributed by atoms with Crippen LogP contribution >= 0.6 is 0 Å². The van der Waals surface area contributed by atoms with E-state index in [1.165, 1.54) is 44.8 Å². The van der Waals surface area contributed by atoms with Gasteiger partial charge in [0.25, 0.3) is 0 Å². The van der Waals surface area contributed by atoms with Crippen LogP contribution in [0.1, 0.15) is 70.2 Å². The average Bonchev–Trinajstić information content (AvgIpc) is 3.15. The molecule has 0 saturated carbocycles. The minimum atomic E-state index is -0.287. The molecular formula is C38H43N3. The smallest absolute Gasteiger partial charge is 0.0872 e. The highest BCUT2D eigenvalue weighted by molar-refractivity contribution is 5.63. The average molecular weight is 542 g/mol. The lowest BCUT2D eigenvalue weighted by atomic mass is 9.78. The topological polar surface area (TPSA) is 50.8 Å². The number of allylic oxidation sites excluding steroid dienone is 4. The molecule has 2 aliphatic rings. The quantitative estimate of drug-likeness (QED) is 0.325. The summed E-state index contributed by atoms with van der Waals surface area (Å²) in [6.07, 6.45) is 6.70. The van der Waals surface area contributed by atoms with E-state index in [1.54, 1.807) is 0 Å². The number of benzene rings is 3. The van der Waals surface area contributed by atoms with Gasteiger partial charge < -0.3 is 4.90 Å². The summed E-state index contributed by atoms with van der Waals surface area (Å²) in [4.78, 5) is 2.24. The first-order valence-electron chi connectivity index (χ1n) is 14.6. The van der Waals surface area contributed by atoms with Crippen LogP contribution in [0.5, 0.6) is 0 Å². The highest BCUT2D eigenvalue weighted by Gasteiger charge is 2.29. The summed E-state index contributed by atoms with van der Waals surface area (Å²) >= 11 is 0. The fourth-order valence-corrected chi connectivity index (χ4v) is 5.59.